The maximum atomic E-state index is 2.76. The first kappa shape index (κ1) is 22.0. The Morgan fingerprint density at radius 1 is 0.966 bits per heavy atom. The van der Waals surface area contributed by atoms with Gasteiger partial charge < -0.3 is 0 Å². The van der Waals surface area contributed by atoms with E-state index in [4.69, 9.17) is 0 Å². The molecule has 3 unspecified atom stereocenters. The van der Waals surface area contributed by atoms with Gasteiger partial charge in [-0.2, -0.15) is 0 Å². The van der Waals surface area contributed by atoms with E-state index in [-0.39, 0.29) is 0 Å². The van der Waals surface area contributed by atoms with Gasteiger partial charge in [0.25, 0.3) is 0 Å². The summed E-state index contributed by atoms with van der Waals surface area (Å²) in [7, 11) is 0. The lowest BCUT2D eigenvalue weighted by Gasteiger charge is -2.62. The van der Waals surface area contributed by atoms with E-state index in [1.807, 2.05) is 5.57 Å². The molecule has 0 aromatic rings. The standard InChI is InChI=1S/C29H50/c1-20(2)9-7-10-22(4)25-11-8-12-26-24-14-13-23-19-21(3)15-17-28(23,5)27(24)16-18-29(25,26)6/h13,20-22,24-27H,7-12,14-19H2,1-6H3/t21-,22+,24?,25+,26?,27?,28-,29+/m0/s1. The molecule has 8 atom stereocenters. The van der Waals surface area contributed by atoms with E-state index in [1.54, 1.807) is 0 Å². The summed E-state index contributed by atoms with van der Waals surface area (Å²) < 4.78 is 0. The number of rotatable bonds is 5. The summed E-state index contributed by atoms with van der Waals surface area (Å²) in [5.41, 5.74) is 3.04. The van der Waals surface area contributed by atoms with E-state index >= 15 is 0 Å². The largest absolute Gasteiger partial charge is 0.0845 e. The molecule has 0 radical (unpaired) electrons. The fourth-order valence-corrected chi connectivity index (χ4v) is 9.07. The minimum atomic E-state index is 0.548. The maximum Gasteiger partial charge on any atom is -0.00851 e. The van der Waals surface area contributed by atoms with Crippen molar-refractivity contribution in [2.45, 2.75) is 119 Å². The van der Waals surface area contributed by atoms with Gasteiger partial charge in [-0.15, -0.1) is 0 Å². The predicted molar refractivity (Wildman–Crippen MR) is 127 cm³/mol. The SMILES string of the molecule is CC(C)CCC[C@@H](C)[C@H]1CCCC2C3CC=C4C[C@@H](C)CC[C@]4(C)C3CC[C@@]21C. The molecule has 166 valence electrons. The molecule has 4 aliphatic rings. The van der Waals surface area contributed by atoms with Crippen LogP contribution in [0.15, 0.2) is 11.6 Å². The van der Waals surface area contributed by atoms with Crippen molar-refractivity contribution in [1.29, 1.82) is 0 Å². The third kappa shape index (κ3) is 3.89. The van der Waals surface area contributed by atoms with Crippen molar-refractivity contribution in [1.82, 2.24) is 0 Å². The first-order chi connectivity index (χ1) is 13.8. The molecule has 0 bridgehead atoms. The molecule has 4 aliphatic carbocycles. The average molecular weight is 399 g/mol. The lowest BCUT2D eigenvalue weighted by Crippen LogP contribution is -2.54. The van der Waals surface area contributed by atoms with Crippen LogP contribution >= 0.6 is 0 Å². The summed E-state index contributed by atoms with van der Waals surface area (Å²) >= 11 is 0. The summed E-state index contributed by atoms with van der Waals surface area (Å²) in [5.74, 6) is 6.68. The molecular weight excluding hydrogens is 348 g/mol. The molecular formula is C29H50. The monoisotopic (exact) mass is 398 g/mol. The van der Waals surface area contributed by atoms with Gasteiger partial charge in [0.15, 0.2) is 0 Å². The van der Waals surface area contributed by atoms with Crippen LogP contribution in [-0.4, -0.2) is 0 Å². The van der Waals surface area contributed by atoms with E-state index in [9.17, 15) is 0 Å². The van der Waals surface area contributed by atoms with Crippen LogP contribution in [0.25, 0.3) is 0 Å². The number of hydrogen-bond donors (Lipinski definition) is 0. The Kier molecular flexibility index (Phi) is 6.32. The number of fused-ring (bicyclic) bond motifs is 5. The second kappa shape index (κ2) is 8.35. The van der Waals surface area contributed by atoms with Gasteiger partial charge in [-0.1, -0.05) is 78.9 Å². The molecule has 3 fully saturated rings. The van der Waals surface area contributed by atoms with E-state index in [2.05, 4.69) is 47.6 Å². The first-order valence-corrected chi connectivity index (χ1v) is 13.4. The van der Waals surface area contributed by atoms with Crippen LogP contribution in [0.2, 0.25) is 0 Å². The van der Waals surface area contributed by atoms with Crippen molar-refractivity contribution < 1.29 is 0 Å². The van der Waals surface area contributed by atoms with Crippen LogP contribution in [0, 0.1) is 52.3 Å². The number of allylic oxidation sites excluding steroid dienone is 2. The van der Waals surface area contributed by atoms with Gasteiger partial charge in [0.1, 0.15) is 0 Å². The molecule has 0 spiro atoms. The molecule has 29 heavy (non-hydrogen) atoms. The van der Waals surface area contributed by atoms with E-state index in [0.717, 1.165) is 41.4 Å². The Bertz CT molecular complexity index is 599. The van der Waals surface area contributed by atoms with Crippen molar-refractivity contribution in [2.24, 2.45) is 52.3 Å². The molecule has 0 aliphatic heterocycles. The second-order valence-corrected chi connectivity index (χ2v) is 13.0. The molecule has 0 heteroatoms. The summed E-state index contributed by atoms with van der Waals surface area (Å²) in [4.78, 5) is 0. The highest BCUT2D eigenvalue weighted by molar-refractivity contribution is 5.24. The van der Waals surface area contributed by atoms with Crippen LogP contribution in [0.5, 0.6) is 0 Å². The lowest BCUT2D eigenvalue weighted by atomic mass is 9.42. The molecule has 0 amide bonds. The maximum absolute atomic E-state index is 2.76. The zero-order valence-corrected chi connectivity index (χ0v) is 20.6. The average Bonchev–Trinajstić information content (AvgIpc) is 2.67. The van der Waals surface area contributed by atoms with E-state index in [0.29, 0.717) is 10.8 Å². The van der Waals surface area contributed by atoms with Gasteiger partial charge in [0, 0.05) is 0 Å². The summed E-state index contributed by atoms with van der Waals surface area (Å²) in [6.07, 6.45) is 20.5. The van der Waals surface area contributed by atoms with Crippen LogP contribution in [0.1, 0.15) is 119 Å². The highest BCUT2D eigenvalue weighted by Gasteiger charge is 2.57. The molecule has 3 saturated carbocycles. The summed E-state index contributed by atoms with van der Waals surface area (Å²) in [5, 5.41) is 0. The highest BCUT2D eigenvalue weighted by atomic mass is 14.6. The molecule has 0 heterocycles. The molecule has 0 saturated heterocycles. The topological polar surface area (TPSA) is 0 Å². The third-order valence-electron chi connectivity index (χ3n) is 10.8. The van der Waals surface area contributed by atoms with Crippen LogP contribution in [0.3, 0.4) is 0 Å². The van der Waals surface area contributed by atoms with Crippen LogP contribution < -0.4 is 0 Å². The van der Waals surface area contributed by atoms with Gasteiger partial charge in [-0.05, 0) is 104 Å². The Hall–Kier alpha value is -0.260. The van der Waals surface area contributed by atoms with Gasteiger partial charge in [0.2, 0.25) is 0 Å². The Morgan fingerprint density at radius 3 is 2.52 bits per heavy atom. The van der Waals surface area contributed by atoms with Gasteiger partial charge in [-0.25, -0.2) is 0 Å². The molecule has 0 aromatic heterocycles. The smallest absolute Gasteiger partial charge is 0.00851 e. The fraction of sp³-hybridized carbons (Fsp3) is 0.931. The normalized spacial score (nSPS) is 45.8. The highest BCUT2D eigenvalue weighted by Crippen LogP contribution is 2.66. The summed E-state index contributed by atoms with van der Waals surface area (Å²) in [6.45, 7) is 15.3. The zero-order chi connectivity index (χ0) is 20.8. The van der Waals surface area contributed by atoms with E-state index < -0.39 is 0 Å². The molecule has 0 aromatic carbocycles. The van der Waals surface area contributed by atoms with Crippen LogP contribution in [0.4, 0.5) is 0 Å². The third-order valence-corrected chi connectivity index (χ3v) is 10.8. The lowest BCUT2D eigenvalue weighted by molar-refractivity contribution is -0.107. The van der Waals surface area contributed by atoms with Crippen molar-refractivity contribution in [3.8, 4) is 0 Å². The Balaban J connectivity index is 1.52. The van der Waals surface area contributed by atoms with Gasteiger partial charge in [-0.3, -0.25) is 0 Å². The fourth-order valence-electron chi connectivity index (χ4n) is 9.07. The van der Waals surface area contributed by atoms with Gasteiger partial charge >= 0.3 is 0 Å². The Labute approximate surface area is 182 Å². The first-order valence-electron chi connectivity index (χ1n) is 13.4. The molecule has 4 rings (SSSR count). The quantitative estimate of drug-likeness (QED) is 0.405. The van der Waals surface area contributed by atoms with Crippen molar-refractivity contribution in [3.63, 3.8) is 0 Å². The van der Waals surface area contributed by atoms with Gasteiger partial charge in [0.05, 0.1) is 0 Å². The van der Waals surface area contributed by atoms with Crippen molar-refractivity contribution >= 4 is 0 Å². The van der Waals surface area contributed by atoms with E-state index in [1.165, 1.54) is 77.0 Å². The minimum Gasteiger partial charge on any atom is -0.0845 e. The van der Waals surface area contributed by atoms with Crippen molar-refractivity contribution in [3.05, 3.63) is 11.6 Å². The summed E-state index contributed by atoms with van der Waals surface area (Å²) in [6, 6.07) is 0. The van der Waals surface area contributed by atoms with Crippen molar-refractivity contribution in [2.75, 3.05) is 0 Å². The van der Waals surface area contributed by atoms with Crippen LogP contribution in [-0.2, 0) is 0 Å². The second-order valence-electron chi connectivity index (χ2n) is 13.0. The Morgan fingerprint density at radius 2 is 1.76 bits per heavy atom. The molecule has 0 nitrogen and oxygen atoms in total. The predicted octanol–water partition coefficient (Wildman–Crippen LogP) is 9.05. The number of hydrogen-bond acceptors (Lipinski definition) is 0. The molecule has 0 N–H and O–H groups in total. The zero-order valence-electron chi connectivity index (χ0n) is 20.6. The minimum absolute atomic E-state index is 0.548.